The van der Waals surface area contributed by atoms with Gasteiger partial charge in [0.25, 0.3) is 5.91 Å². The summed E-state index contributed by atoms with van der Waals surface area (Å²) in [5, 5.41) is 11.9. The van der Waals surface area contributed by atoms with E-state index in [0.717, 1.165) is 11.2 Å². The molecule has 1 amide bonds. The third-order valence-corrected chi connectivity index (χ3v) is 4.24. The highest BCUT2D eigenvalue weighted by molar-refractivity contribution is 6.05. The minimum Gasteiger partial charge on any atom is -0.497 e. The number of aryl methyl sites for hydroxylation is 1. The number of hydrogen-bond donors (Lipinski definition) is 1. The van der Waals surface area contributed by atoms with E-state index >= 15 is 0 Å². The highest BCUT2D eigenvalue weighted by Gasteiger charge is 2.10. The number of fused-ring (bicyclic) bond motifs is 1. The fourth-order valence-corrected chi connectivity index (χ4v) is 2.75. The van der Waals surface area contributed by atoms with Crippen LogP contribution in [0.25, 0.3) is 16.7 Å². The number of benzene rings is 3. The molecule has 4 aromatic rings. The minimum atomic E-state index is -0.209. The predicted molar refractivity (Wildman–Crippen MR) is 105 cm³/mol. The van der Waals surface area contributed by atoms with E-state index in [0.29, 0.717) is 22.5 Å². The fraction of sp³-hybridized carbons (Fsp3) is 0.0952. The van der Waals surface area contributed by atoms with Crippen LogP contribution in [0.15, 0.2) is 66.7 Å². The Labute approximate surface area is 156 Å². The molecule has 0 saturated heterocycles. The Bertz CT molecular complexity index is 1120. The molecule has 0 radical (unpaired) electrons. The quantitative estimate of drug-likeness (QED) is 0.599. The Morgan fingerprint density at radius 3 is 2.52 bits per heavy atom. The van der Waals surface area contributed by atoms with E-state index < -0.39 is 0 Å². The molecule has 0 bridgehead atoms. The maximum atomic E-state index is 12.5. The van der Waals surface area contributed by atoms with Crippen LogP contribution in [0, 0.1) is 6.92 Å². The monoisotopic (exact) mass is 358 g/mol. The minimum absolute atomic E-state index is 0.209. The highest BCUT2D eigenvalue weighted by Crippen LogP contribution is 2.19. The van der Waals surface area contributed by atoms with Gasteiger partial charge < -0.3 is 10.1 Å². The number of carbonyl (C=O) groups is 1. The lowest BCUT2D eigenvalue weighted by Gasteiger charge is -2.06. The van der Waals surface area contributed by atoms with Crippen molar-refractivity contribution in [1.82, 2.24) is 15.0 Å². The van der Waals surface area contributed by atoms with Crippen molar-refractivity contribution in [2.24, 2.45) is 0 Å². The summed E-state index contributed by atoms with van der Waals surface area (Å²) in [5.74, 6) is 0.429. The normalized spacial score (nSPS) is 10.7. The Morgan fingerprint density at radius 2 is 1.74 bits per heavy atom. The zero-order valence-corrected chi connectivity index (χ0v) is 15.0. The predicted octanol–water partition coefficient (Wildman–Crippen LogP) is 3.99. The number of rotatable bonds is 4. The molecule has 0 atom stereocenters. The second-order valence-corrected chi connectivity index (χ2v) is 6.21. The van der Waals surface area contributed by atoms with Gasteiger partial charge in [0.15, 0.2) is 0 Å². The van der Waals surface area contributed by atoms with Crippen LogP contribution in [0.3, 0.4) is 0 Å². The van der Waals surface area contributed by atoms with E-state index in [1.165, 1.54) is 5.56 Å². The van der Waals surface area contributed by atoms with Gasteiger partial charge in [0.1, 0.15) is 16.8 Å². The number of aromatic nitrogens is 3. The van der Waals surface area contributed by atoms with Crippen LogP contribution in [0.5, 0.6) is 5.75 Å². The number of nitrogens with one attached hydrogen (secondary N) is 1. The van der Waals surface area contributed by atoms with E-state index in [9.17, 15) is 4.79 Å². The third-order valence-electron chi connectivity index (χ3n) is 4.24. The van der Waals surface area contributed by atoms with Crippen molar-refractivity contribution in [3.05, 3.63) is 77.9 Å². The fourth-order valence-electron chi connectivity index (χ4n) is 2.75. The number of anilines is 1. The lowest BCUT2D eigenvalue weighted by molar-refractivity contribution is 0.102. The smallest absolute Gasteiger partial charge is 0.255 e. The molecule has 0 aliphatic heterocycles. The van der Waals surface area contributed by atoms with Gasteiger partial charge in [-0.2, -0.15) is 4.80 Å². The van der Waals surface area contributed by atoms with Gasteiger partial charge in [-0.25, -0.2) is 0 Å². The molecule has 27 heavy (non-hydrogen) atoms. The molecule has 1 N–H and O–H groups in total. The SMILES string of the molecule is COc1cccc(C(=O)Nc2ccc3nn(-c4ccc(C)cc4)nc3c2)c1. The maximum Gasteiger partial charge on any atom is 0.255 e. The van der Waals surface area contributed by atoms with Crippen LogP contribution in [-0.2, 0) is 0 Å². The molecule has 0 unspecified atom stereocenters. The average molecular weight is 358 g/mol. The molecule has 0 aliphatic rings. The second kappa shape index (κ2) is 6.92. The zero-order valence-electron chi connectivity index (χ0n) is 15.0. The van der Waals surface area contributed by atoms with E-state index in [1.54, 1.807) is 36.2 Å². The molecule has 1 aromatic heterocycles. The Balaban J connectivity index is 1.59. The van der Waals surface area contributed by atoms with E-state index in [4.69, 9.17) is 4.74 Å². The van der Waals surface area contributed by atoms with E-state index in [1.807, 2.05) is 49.4 Å². The molecule has 0 spiro atoms. The molecule has 0 aliphatic carbocycles. The summed E-state index contributed by atoms with van der Waals surface area (Å²) in [6.45, 7) is 2.04. The molecular formula is C21H18N4O2. The first-order valence-electron chi connectivity index (χ1n) is 8.52. The lowest BCUT2D eigenvalue weighted by atomic mass is 10.2. The first kappa shape index (κ1) is 16.8. The summed E-state index contributed by atoms with van der Waals surface area (Å²) in [7, 11) is 1.57. The van der Waals surface area contributed by atoms with Crippen molar-refractivity contribution in [3.63, 3.8) is 0 Å². The summed E-state index contributed by atoms with van der Waals surface area (Å²) < 4.78 is 5.16. The number of carbonyl (C=O) groups excluding carboxylic acids is 1. The van der Waals surface area contributed by atoms with Gasteiger partial charge >= 0.3 is 0 Å². The van der Waals surface area contributed by atoms with E-state index in [2.05, 4.69) is 15.5 Å². The van der Waals surface area contributed by atoms with E-state index in [-0.39, 0.29) is 5.91 Å². The third kappa shape index (κ3) is 3.50. The van der Waals surface area contributed by atoms with Gasteiger partial charge in [-0.05, 0) is 55.5 Å². The number of nitrogens with zero attached hydrogens (tertiary/aromatic N) is 3. The van der Waals surface area contributed by atoms with Crippen molar-refractivity contribution in [3.8, 4) is 11.4 Å². The second-order valence-electron chi connectivity index (χ2n) is 6.21. The van der Waals surface area contributed by atoms with Crippen LogP contribution in [-0.4, -0.2) is 28.0 Å². The van der Waals surface area contributed by atoms with Gasteiger partial charge in [0.05, 0.1) is 12.8 Å². The maximum absolute atomic E-state index is 12.5. The summed E-state index contributed by atoms with van der Waals surface area (Å²) in [5.41, 5.74) is 4.72. The molecule has 6 nitrogen and oxygen atoms in total. The standard InChI is InChI=1S/C21H18N4O2/c1-14-6-9-17(10-7-14)25-23-19-11-8-16(13-20(19)24-25)22-21(26)15-4-3-5-18(12-15)27-2/h3-13H,1-2H3,(H,22,26). The van der Waals surface area contributed by atoms with Crippen molar-refractivity contribution in [2.75, 3.05) is 12.4 Å². The van der Waals surface area contributed by atoms with Crippen LogP contribution in [0.1, 0.15) is 15.9 Å². The summed E-state index contributed by atoms with van der Waals surface area (Å²) in [6, 6.07) is 20.5. The first-order chi connectivity index (χ1) is 13.1. The number of ether oxygens (including phenoxy) is 1. The molecule has 3 aromatic carbocycles. The molecular weight excluding hydrogens is 340 g/mol. The van der Waals surface area contributed by atoms with Crippen LogP contribution in [0.4, 0.5) is 5.69 Å². The summed E-state index contributed by atoms with van der Waals surface area (Å²) >= 11 is 0. The Hall–Kier alpha value is -3.67. The Kier molecular flexibility index (Phi) is 4.30. The van der Waals surface area contributed by atoms with Crippen molar-refractivity contribution in [1.29, 1.82) is 0 Å². The van der Waals surface area contributed by atoms with Crippen molar-refractivity contribution < 1.29 is 9.53 Å². The lowest BCUT2D eigenvalue weighted by Crippen LogP contribution is -2.11. The first-order valence-corrected chi connectivity index (χ1v) is 8.52. The number of amides is 1. The van der Waals surface area contributed by atoms with Gasteiger partial charge in [0.2, 0.25) is 0 Å². The van der Waals surface area contributed by atoms with Gasteiger partial charge in [-0.3, -0.25) is 4.79 Å². The van der Waals surface area contributed by atoms with Crippen LogP contribution in [0.2, 0.25) is 0 Å². The van der Waals surface area contributed by atoms with Crippen LogP contribution >= 0.6 is 0 Å². The summed E-state index contributed by atoms with van der Waals surface area (Å²) in [6.07, 6.45) is 0. The Morgan fingerprint density at radius 1 is 0.963 bits per heavy atom. The highest BCUT2D eigenvalue weighted by atomic mass is 16.5. The molecule has 134 valence electrons. The van der Waals surface area contributed by atoms with Crippen molar-refractivity contribution >= 4 is 22.6 Å². The van der Waals surface area contributed by atoms with Crippen molar-refractivity contribution in [2.45, 2.75) is 6.92 Å². The van der Waals surface area contributed by atoms with Gasteiger partial charge in [0, 0.05) is 11.3 Å². The molecule has 0 fully saturated rings. The summed E-state index contributed by atoms with van der Waals surface area (Å²) in [4.78, 5) is 14.1. The van der Waals surface area contributed by atoms with Gasteiger partial charge in [-0.1, -0.05) is 23.8 Å². The van der Waals surface area contributed by atoms with Crippen LogP contribution < -0.4 is 10.1 Å². The average Bonchev–Trinajstić information content (AvgIpc) is 3.12. The number of methoxy groups -OCH3 is 1. The number of hydrogen-bond acceptors (Lipinski definition) is 4. The molecule has 1 heterocycles. The zero-order chi connectivity index (χ0) is 18.8. The molecule has 0 saturated carbocycles. The van der Waals surface area contributed by atoms with Gasteiger partial charge in [-0.15, -0.1) is 10.2 Å². The molecule has 6 heteroatoms. The largest absolute Gasteiger partial charge is 0.497 e. The molecule has 4 rings (SSSR count). The topological polar surface area (TPSA) is 69.0 Å².